The fourth-order valence-electron chi connectivity index (χ4n) is 2.27. The van der Waals surface area contributed by atoms with Crippen LogP contribution < -0.4 is 0 Å². The lowest BCUT2D eigenvalue weighted by atomic mass is 9.90. The van der Waals surface area contributed by atoms with Crippen LogP contribution in [-0.2, 0) is 4.79 Å². The van der Waals surface area contributed by atoms with Gasteiger partial charge in [0.2, 0.25) is 0 Å². The van der Waals surface area contributed by atoms with Crippen molar-refractivity contribution in [3.05, 3.63) is 34.4 Å². The molecule has 0 saturated carbocycles. The standard InChI is InChI=1S/C15H24N2O3/c1-3-5-12-16(13-6-4-2)14(18)15(17(19)20)10-8-7-9-11-15/h7-10H,3-6,11-13H2,1-2H3. The Balaban J connectivity index is 2.91. The van der Waals surface area contributed by atoms with Crippen LogP contribution in [0.4, 0.5) is 0 Å². The molecule has 112 valence electrons. The van der Waals surface area contributed by atoms with Gasteiger partial charge < -0.3 is 4.90 Å². The topological polar surface area (TPSA) is 63.5 Å². The van der Waals surface area contributed by atoms with Crippen molar-refractivity contribution in [2.24, 2.45) is 0 Å². The quantitative estimate of drug-likeness (QED) is 0.507. The Hall–Kier alpha value is -1.65. The molecule has 0 bridgehead atoms. The summed E-state index contributed by atoms with van der Waals surface area (Å²) in [4.78, 5) is 25.3. The molecule has 0 spiro atoms. The van der Waals surface area contributed by atoms with Crippen LogP contribution in [0.3, 0.4) is 0 Å². The Morgan fingerprint density at radius 2 is 1.85 bits per heavy atom. The predicted octanol–water partition coefficient (Wildman–Crippen LogP) is 2.95. The molecule has 0 radical (unpaired) electrons. The minimum atomic E-state index is -1.60. The van der Waals surface area contributed by atoms with E-state index in [1.165, 1.54) is 6.08 Å². The smallest absolute Gasteiger partial charge is 0.320 e. The SMILES string of the molecule is CCCCN(CCCC)C(=O)C1([N+](=O)[O-])C=CC=CC1. The predicted molar refractivity (Wildman–Crippen MR) is 79.0 cm³/mol. The van der Waals surface area contributed by atoms with Crippen LogP contribution in [0.1, 0.15) is 46.0 Å². The van der Waals surface area contributed by atoms with Crippen molar-refractivity contribution in [3.8, 4) is 0 Å². The molecule has 0 heterocycles. The first kappa shape index (κ1) is 16.4. The molecule has 1 unspecified atom stereocenters. The van der Waals surface area contributed by atoms with Gasteiger partial charge in [0.05, 0.1) is 0 Å². The molecule has 0 N–H and O–H groups in total. The Morgan fingerprint density at radius 3 is 2.25 bits per heavy atom. The summed E-state index contributed by atoms with van der Waals surface area (Å²) in [6.45, 7) is 5.30. The van der Waals surface area contributed by atoms with E-state index in [2.05, 4.69) is 13.8 Å². The van der Waals surface area contributed by atoms with Gasteiger partial charge in [-0.25, -0.2) is 0 Å². The molecule has 0 aliphatic heterocycles. The number of rotatable bonds is 8. The molecule has 5 nitrogen and oxygen atoms in total. The maximum absolute atomic E-state index is 12.7. The molecule has 0 aromatic rings. The van der Waals surface area contributed by atoms with Crippen molar-refractivity contribution in [2.45, 2.75) is 51.5 Å². The molecular formula is C15H24N2O3. The van der Waals surface area contributed by atoms with E-state index < -0.39 is 10.5 Å². The van der Waals surface area contributed by atoms with E-state index in [1.807, 2.05) is 0 Å². The zero-order chi connectivity index (χ0) is 15.0. The van der Waals surface area contributed by atoms with Gasteiger partial charge >= 0.3 is 11.4 Å². The maximum Gasteiger partial charge on any atom is 0.320 e. The number of nitrogens with zero attached hydrogens (tertiary/aromatic N) is 2. The minimum Gasteiger partial charge on any atom is -0.336 e. The number of carbonyl (C=O) groups is 1. The van der Waals surface area contributed by atoms with Gasteiger partial charge in [-0.15, -0.1) is 0 Å². The molecule has 1 rings (SSSR count). The highest BCUT2D eigenvalue weighted by Crippen LogP contribution is 2.25. The number of amides is 1. The molecule has 0 saturated heterocycles. The van der Waals surface area contributed by atoms with Crippen LogP contribution in [-0.4, -0.2) is 34.4 Å². The zero-order valence-corrected chi connectivity index (χ0v) is 12.4. The van der Waals surface area contributed by atoms with E-state index in [9.17, 15) is 14.9 Å². The van der Waals surface area contributed by atoms with Gasteiger partial charge in [0.15, 0.2) is 0 Å². The van der Waals surface area contributed by atoms with Gasteiger partial charge in [-0.3, -0.25) is 14.9 Å². The summed E-state index contributed by atoms with van der Waals surface area (Å²) in [5.41, 5.74) is -1.60. The molecule has 0 aromatic carbocycles. The first-order chi connectivity index (χ1) is 9.58. The molecule has 20 heavy (non-hydrogen) atoms. The Labute approximate surface area is 120 Å². The van der Waals surface area contributed by atoms with Crippen molar-refractivity contribution in [2.75, 3.05) is 13.1 Å². The lowest BCUT2D eigenvalue weighted by Gasteiger charge is -2.29. The van der Waals surface area contributed by atoms with Crippen molar-refractivity contribution in [1.82, 2.24) is 4.90 Å². The third-order valence-corrected chi connectivity index (χ3v) is 3.59. The molecule has 0 fully saturated rings. The molecule has 5 heteroatoms. The van der Waals surface area contributed by atoms with Crippen LogP contribution in [0.25, 0.3) is 0 Å². The van der Waals surface area contributed by atoms with Gasteiger partial charge in [0, 0.05) is 30.5 Å². The first-order valence-corrected chi connectivity index (χ1v) is 7.36. The summed E-state index contributed by atoms with van der Waals surface area (Å²) in [7, 11) is 0. The Bertz CT molecular complexity index is 396. The molecule has 1 atom stereocenters. The first-order valence-electron chi connectivity index (χ1n) is 7.36. The summed E-state index contributed by atoms with van der Waals surface area (Å²) in [5, 5.41) is 11.4. The largest absolute Gasteiger partial charge is 0.336 e. The number of hydrogen-bond acceptors (Lipinski definition) is 3. The molecule has 1 aliphatic rings. The van der Waals surface area contributed by atoms with E-state index >= 15 is 0 Å². The second kappa shape index (κ2) is 7.82. The summed E-state index contributed by atoms with van der Waals surface area (Å²) < 4.78 is 0. The lowest BCUT2D eigenvalue weighted by Crippen LogP contribution is -2.53. The summed E-state index contributed by atoms with van der Waals surface area (Å²) >= 11 is 0. The van der Waals surface area contributed by atoms with E-state index in [0.29, 0.717) is 13.1 Å². The van der Waals surface area contributed by atoms with Gasteiger partial charge in [-0.1, -0.05) is 44.9 Å². The monoisotopic (exact) mass is 280 g/mol. The average Bonchev–Trinajstić information content (AvgIpc) is 2.47. The fraction of sp³-hybridized carbons (Fsp3) is 0.667. The molecule has 1 amide bonds. The van der Waals surface area contributed by atoms with E-state index in [1.54, 1.807) is 23.1 Å². The maximum atomic E-state index is 12.7. The van der Waals surface area contributed by atoms with Crippen molar-refractivity contribution in [1.29, 1.82) is 0 Å². The Kier molecular flexibility index (Phi) is 6.42. The zero-order valence-electron chi connectivity index (χ0n) is 12.4. The van der Waals surface area contributed by atoms with Crippen molar-refractivity contribution >= 4 is 5.91 Å². The normalized spacial score (nSPS) is 20.9. The van der Waals surface area contributed by atoms with Gasteiger partial charge in [-0.2, -0.15) is 0 Å². The van der Waals surface area contributed by atoms with Crippen LogP contribution in [0.2, 0.25) is 0 Å². The summed E-state index contributed by atoms with van der Waals surface area (Å²) in [6, 6.07) is 0. The number of allylic oxidation sites excluding steroid dienone is 2. The van der Waals surface area contributed by atoms with Crippen LogP contribution >= 0.6 is 0 Å². The Morgan fingerprint density at radius 1 is 1.25 bits per heavy atom. The van der Waals surface area contributed by atoms with Gasteiger partial charge in [0.25, 0.3) is 0 Å². The molecule has 0 aromatic heterocycles. The second-order valence-electron chi connectivity index (χ2n) is 5.17. The number of carbonyl (C=O) groups excluding carboxylic acids is 1. The van der Waals surface area contributed by atoms with Crippen LogP contribution in [0, 0.1) is 10.1 Å². The second-order valence-corrected chi connectivity index (χ2v) is 5.17. The number of unbranched alkanes of at least 4 members (excludes halogenated alkanes) is 2. The number of nitro groups is 1. The van der Waals surface area contributed by atoms with Gasteiger partial charge in [0.1, 0.15) is 0 Å². The summed E-state index contributed by atoms with van der Waals surface area (Å²) in [5.74, 6) is -0.370. The highest BCUT2D eigenvalue weighted by molar-refractivity contribution is 5.87. The lowest BCUT2D eigenvalue weighted by molar-refractivity contribution is -0.539. The summed E-state index contributed by atoms with van der Waals surface area (Å²) in [6.07, 6.45) is 10.3. The van der Waals surface area contributed by atoms with Crippen LogP contribution in [0.15, 0.2) is 24.3 Å². The van der Waals surface area contributed by atoms with Crippen LogP contribution in [0.5, 0.6) is 0 Å². The van der Waals surface area contributed by atoms with Crippen molar-refractivity contribution in [3.63, 3.8) is 0 Å². The van der Waals surface area contributed by atoms with E-state index in [0.717, 1.165) is 25.7 Å². The fourth-order valence-corrected chi connectivity index (χ4v) is 2.27. The number of hydrogen-bond donors (Lipinski definition) is 0. The van der Waals surface area contributed by atoms with Crippen molar-refractivity contribution < 1.29 is 9.72 Å². The molecular weight excluding hydrogens is 256 g/mol. The average molecular weight is 280 g/mol. The highest BCUT2D eigenvalue weighted by Gasteiger charge is 2.50. The van der Waals surface area contributed by atoms with E-state index in [-0.39, 0.29) is 12.3 Å². The third kappa shape index (κ3) is 3.68. The van der Waals surface area contributed by atoms with Gasteiger partial charge in [-0.05, 0) is 12.8 Å². The highest BCUT2D eigenvalue weighted by atomic mass is 16.6. The van der Waals surface area contributed by atoms with E-state index in [4.69, 9.17) is 0 Å². The third-order valence-electron chi connectivity index (χ3n) is 3.59. The minimum absolute atomic E-state index is 0.143. The molecule has 1 aliphatic carbocycles.